The molecular formula is C63H40N4S. The molecule has 15 rings (SSSR count). The Morgan fingerprint density at radius 2 is 1.04 bits per heavy atom. The minimum Gasteiger partial charge on any atom is -0.309 e. The zero-order valence-corrected chi connectivity index (χ0v) is 37.7. The van der Waals surface area contributed by atoms with Gasteiger partial charge in [0.2, 0.25) is 5.95 Å². The first-order chi connectivity index (χ1) is 33.7. The summed E-state index contributed by atoms with van der Waals surface area (Å²) in [5.41, 5.74) is 17.1. The maximum atomic E-state index is 5.50. The van der Waals surface area contributed by atoms with Crippen molar-refractivity contribution in [1.29, 1.82) is 0 Å². The molecule has 2 unspecified atom stereocenters. The van der Waals surface area contributed by atoms with E-state index in [9.17, 15) is 0 Å². The molecule has 1 saturated carbocycles. The fourth-order valence-electron chi connectivity index (χ4n) is 11.3. The summed E-state index contributed by atoms with van der Waals surface area (Å²) in [6.07, 6.45) is 6.10. The van der Waals surface area contributed by atoms with Crippen LogP contribution in [0.15, 0.2) is 212 Å². The number of nitrogens with zero attached hydrogens (tertiary/aromatic N) is 4. The molecule has 1 fully saturated rings. The molecule has 9 aromatic carbocycles. The lowest BCUT2D eigenvalue weighted by Crippen LogP contribution is -2.04. The monoisotopic (exact) mass is 884 g/mol. The van der Waals surface area contributed by atoms with Crippen molar-refractivity contribution in [2.24, 2.45) is 5.92 Å². The summed E-state index contributed by atoms with van der Waals surface area (Å²) in [5.74, 6) is 2.08. The smallest absolute Gasteiger partial charge is 0.235 e. The molecule has 0 spiro atoms. The zero-order valence-electron chi connectivity index (χ0n) is 36.8. The van der Waals surface area contributed by atoms with Crippen molar-refractivity contribution in [2.45, 2.75) is 12.3 Å². The maximum absolute atomic E-state index is 5.50. The Labute approximate surface area is 396 Å². The predicted octanol–water partition coefficient (Wildman–Crippen LogP) is 16.8. The van der Waals surface area contributed by atoms with Gasteiger partial charge in [-0.15, -0.1) is 11.3 Å². The van der Waals surface area contributed by atoms with Crippen LogP contribution in [0.3, 0.4) is 0 Å². The highest BCUT2D eigenvalue weighted by Gasteiger charge is 2.41. The summed E-state index contributed by atoms with van der Waals surface area (Å²) < 4.78 is 6.11. The van der Waals surface area contributed by atoms with Gasteiger partial charge < -0.3 is 4.57 Å². The summed E-state index contributed by atoms with van der Waals surface area (Å²) >= 11 is 2.01. The van der Waals surface area contributed by atoms with Gasteiger partial charge in [0.25, 0.3) is 0 Å². The van der Waals surface area contributed by atoms with Gasteiger partial charge >= 0.3 is 0 Å². The van der Waals surface area contributed by atoms with Crippen LogP contribution in [0, 0.1) is 5.92 Å². The van der Waals surface area contributed by atoms with Crippen LogP contribution in [0.4, 0.5) is 0 Å². The van der Waals surface area contributed by atoms with E-state index < -0.39 is 0 Å². The van der Waals surface area contributed by atoms with E-state index >= 15 is 0 Å². The van der Waals surface area contributed by atoms with Gasteiger partial charge in [-0.1, -0.05) is 170 Å². The lowest BCUT2D eigenvalue weighted by atomic mass is 9.94. The minimum absolute atomic E-state index is 0.639. The molecule has 0 radical (unpaired) electrons. The molecule has 2 aliphatic carbocycles. The van der Waals surface area contributed by atoms with E-state index in [1.165, 1.54) is 66.1 Å². The van der Waals surface area contributed by atoms with Crippen LogP contribution >= 0.6 is 11.3 Å². The van der Waals surface area contributed by atoms with Crippen LogP contribution in [-0.2, 0) is 0 Å². The van der Waals surface area contributed by atoms with Gasteiger partial charge in [0.05, 0.1) is 33.3 Å². The van der Waals surface area contributed by atoms with Crippen molar-refractivity contribution in [3.05, 3.63) is 223 Å². The second-order valence-corrected chi connectivity index (χ2v) is 19.5. The molecule has 0 aliphatic heterocycles. The molecule has 318 valence electrons. The zero-order chi connectivity index (χ0) is 44.5. The number of para-hydroxylation sites is 4. The highest BCUT2D eigenvalue weighted by Crippen LogP contribution is 2.57. The SMILES string of the molecule is C1=CC2CC2c2sc3c(-c4cccc(-c5cccc(-c6cccc7c8cc(-n9c%10ccccc%10c%10ccccc%109)ccc8n(-c8nc(-c9ccccc9)c9ccccc9n8)c67)c5)c4)cccc3c21. The average Bonchev–Trinajstić information content (AvgIpc) is 3.84. The predicted molar refractivity (Wildman–Crippen MR) is 285 cm³/mol. The Balaban J connectivity index is 0.942. The van der Waals surface area contributed by atoms with Crippen molar-refractivity contribution in [2.75, 3.05) is 0 Å². The fourth-order valence-corrected chi connectivity index (χ4v) is 12.8. The molecule has 0 amide bonds. The Morgan fingerprint density at radius 1 is 0.441 bits per heavy atom. The number of rotatable bonds is 6. The molecule has 0 saturated heterocycles. The molecule has 2 aliphatic rings. The number of hydrogen-bond donors (Lipinski definition) is 0. The summed E-state index contributed by atoms with van der Waals surface area (Å²) in [4.78, 5) is 12.5. The maximum Gasteiger partial charge on any atom is 0.235 e. The Bertz CT molecular complexity index is 4210. The fraction of sp³-hybridized carbons (Fsp3) is 0.0476. The van der Waals surface area contributed by atoms with E-state index in [4.69, 9.17) is 9.97 Å². The van der Waals surface area contributed by atoms with E-state index in [1.54, 1.807) is 4.88 Å². The van der Waals surface area contributed by atoms with Crippen LogP contribution in [0.2, 0.25) is 0 Å². The standard InChI is InChI=1S/C63H40N4S/c1-2-14-38(15-3-1)59-52-22-4-7-27-55(52)64-63(65-59)67-58-33-31-44(66-56-28-8-5-20-47(56)48-21-6-9-29-57(48)66)37-54(58)49-25-12-23-45(60(49)67)41-18-10-16-39(34-41)40-17-11-19-42(35-40)46-24-13-26-50-51-32-30-43-36-53(43)62(51)68-61(46)50/h1-35,37,43,53H,36H2. The highest BCUT2D eigenvalue weighted by molar-refractivity contribution is 7.20. The van der Waals surface area contributed by atoms with Crippen LogP contribution in [0.25, 0.3) is 127 Å². The lowest BCUT2D eigenvalue weighted by Gasteiger charge is -2.14. The van der Waals surface area contributed by atoms with Gasteiger partial charge in [0.15, 0.2) is 0 Å². The average molecular weight is 885 g/mol. The van der Waals surface area contributed by atoms with E-state index in [-0.39, 0.29) is 0 Å². The molecular weight excluding hydrogens is 845 g/mol. The van der Waals surface area contributed by atoms with Crippen LogP contribution in [0.1, 0.15) is 22.8 Å². The molecule has 4 heterocycles. The van der Waals surface area contributed by atoms with Gasteiger partial charge in [0.1, 0.15) is 0 Å². The Kier molecular flexibility index (Phi) is 8.09. The first kappa shape index (κ1) is 37.8. The quantitative estimate of drug-likeness (QED) is 0.167. The highest BCUT2D eigenvalue weighted by atomic mass is 32.1. The third kappa shape index (κ3) is 5.66. The Hall–Kier alpha value is -8.38. The number of allylic oxidation sites excluding steroid dienone is 1. The van der Waals surface area contributed by atoms with Crippen molar-refractivity contribution >= 4 is 82.0 Å². The lowest BCUT2D eigenvalue weighted by molar-refractivity contribution is 1.01. The van der Waals surface area contributed by atoms with Crippen LogP contribution in [-0.4, -0.2) is 19.1 Å². The van der Waals surface area contributed by atoms with Gasteiger partial charge in [-0.25, -0.2) is 9.97 Å². The number of thiophene rings is 1. The van der Waals surface area contributed by atoms with E-state index in [2.05, 4.69) is 228 Å². The number of fused-ring (bicyclic) bond motifs is 12. The van der Waals surface area contributed by atoms with E-state index in [1.807, 2.05) is 11.3 Å². The summed E-state index contributed by atoms with van der Waals surface area (Å²) in [6, 6.07) is 75.0. The summed E-state index contributed by atoms with van der Waals surface area (Å²) in [5, 5.41) is 7.17. The molecule has 68 heavy (non-hydrogen) atoms. The van der Waals surface area contributed by atoms with Crippen molar-refractivity contribution < 1.29 is 0 Å². The largest absolute Gasteiger partial charge is 0.309 e. The topological polar surface area (TPSA) is 35.6 Å². The van der Waals surface area contributed by atoms with Crippen LogP contribution < -0.4 is 0 Å². The van der Waals surface area contributed by atoms with Gasteiger partial charge in [0, 0.05) is 64.6 Å². The summed E-state index contributed by atoms with van der Waals surface area (Å²) in [6.45, 7) is 0. The van der Waals surface area contributed by atoms with E-state index in [0.29, 0.717) is 11.9 Å². The molecule has 0 bridgehead atoms. The first-order valence-corrected chi connectivity index (χ1v) is 24.4. The van der Waals surface area contributed by atoms with Gasteiger partial charge in [-0.2, -0.15) is 0 Å². The number of aromatic nitrogens is 4. The minimum atomic E-state index is 0.639. The second kappa shape index (κ2) is 14.6. The van der Waals surface area contributed by atoms with Crippen LogP contribution in [0.5, 0.6) is 0 Å². The molecule has 4 nitrogen and oxygen atoms in total. The first-order valence-electron chi connectivity index (χ1n) is 23.5. The number of hydrogen-bond acceptors (Lipinski definition) is 3. The Morgan fingerprint density at radius 3 is 1.82 bits per heavy atom. The van der Waals surface area contributed by atoms with E-state index in [0.717, 1.165) is 66.7 Å². The molecule has 5 heteroatoms. The van der Waals surface area contributed by atoms with Crippen molar-refractivity contribution in [3.63, 3.8) is 0 Å². The molecule has 4 aromatic heterocycles. The van der Waals surface area contributed by atoms with Gasteiger partial charge in [-0.3, -0.25) is 4.57 Å². The third-order valence-corrected chi connectivity index (χ3v) is 16.0. The summed E-state index contributed by atoms with van der Waals surface area (Å²) in [7, 11) is 0. The normalized spacial score (nSPS) is 15.2. The van der Waals surface area contributed by atoms with Crippen molar-refractivity contribution in [1.82, 2.24) is 19.1 Å². The second-order valence-electron chi connectivity index (χ2n) is 18.5. The van der Waals surface area contributed by atoms with Gasteiger partial charge in [-0.05, 0) is 94.3 Å². The third-order valence-electron chi connectivity index (χ3n) is 14.6. The molecule has 0 N–H and O–H groups in total. The molecule has 2 atom stereocenters. The van der Waals surface area contributed by atoms with Crippen molar-refractivity contribution in [3.8, 4) is 56.3 Å². The molecule has 13 aromatic rings. The number of benzene rings is 9.